The number of sulfonamides is 1. The Balaban J connectivity index is 1.61. The first-order valence-corrected chi connectivity index (χ1v) is 13.0. The summed E-state index contributed by atoms with van der Waals surface area (Å²) in [6.45, 7) is 1.73. The number of nitrogens with zero attached hydrogens (tertiary/aromatic N) is 3. The number of anilines is 1. The number of aromatic nitrogens is 2. The summed E-state index contributed by atoms with van der Waals surface area (Å²) >= 11 is 2.45. The summed E-state index contributed by atoms with van der Waals surface area (Å²) in [6.07, 6.45) is 1.36. The van der Waals surface area contributed by atoms with Crippen molar-refractivity contribution in [1.82, 2.24) is 14.5 Å². The van der Waals surface area contributed by atoms with Gasteiger partial charge in [-0.3, -0.25) is 9.59 Å². The number of carbonyl (C=O) groups is 2. The third-order valence-electron chi connectivity index (χ3n) is 4.24. The second kappa shape index (κ2) is 10.9. The van der Waals surface area contributed by atoms with Crippen LogP contribution >= 0.6 is 23.1 Å². The molecule has 11 nitrogen and oxygen atoms in total. The van der Waals surface area contributed by atoms with Crippen LogP contribution in [0.3, 0.4) is 0 Å². The zero-order chi connectivity index (χ0) is 24.9. The fourth-order valence-corrected chi connectivity index (χ4v) is 4.94. The maximum Gasteiger partial charge on any atom is 0.343 e. The normalized spacial score (nSPS) is 11.4. The van der Waals surface area contributed by atoms with Gasteiger partial charge in [0.25, 0.3) is 0 Å². The molecule has 34 heavy (non-hydrogen) atoms. The first kappa shape index (κ1) is 25.6. The van der Waals surface area contributed by atoms with Crippen molar-refractivity contribution in [3.63, 3.8) is 0 Å². The number of rotatable bonds is 9. The number of benzene rings is 1. The van der Waals surface area contributed by atoms with Crippen LogP contribution in [0.25, 0.3) is 0 Å². The highest BCUT2D eigenvalue weighted by atomic mass is 32.2. The van der Waals surface area contributed by atoms with Gasteiger partial charge in [0.2, 0.25) is 32.2 Å². The number of nitrogens with one attached hydrogen (secondary N) is 1. The lowest BCUT2D eigenvalue weighted by Gasteiger charge is -2.11. The van der Waals surface area contributed by atoms with Crippen LogP contribution in [-0.2, 0) is 20.6 Å². The minimum Gasteiger partial charge on any atom is -0.464 e. The Morgan fingerprint density at radius 2 is 1.91 bits per heavy atom. The predicted molar refractivity (Wildman–Crippen MR) is 126 cm³/mol. The third-order valence-corrected chi connectivity index (χ3v) is 8.06. The van der Waals surface area contributed by atoms with Crippen molar-refractivity contribution >= 4 is 50.1 Å². The zero-order valence-corrected chi connectivity index (χ0v) is 20.8. The molecule has 3 rings (SSSR count). The molecule has 14 heteroatoms. The molecule has 1 aromatic carbocycles. The van der Waals surface area contributed by atoms with E-state index >= 15 is 0 Å². The van der Waals surface area contributed by atoms with Gasteiger partial charge < -0.3 is 14.5 Å². The summed E-state index contributed by atoms with van der Waals surface area (Å²) in [6, 6.07) is 6.35. The van der Waals surface area contributed by atoms with Crippen LogP contribution in [0.2, 0.25) is 0 Å². The van der Waals surface area contributed by atoms with Crippen molar-refractivity contribution in [2.24, 2.45) is 0 Å². The van der Waals surface area contributed by atoms with Gasteiger partial charge in [0.05, 0.1) is 16.2 Å². The molecule has 0 radical (unpaired) electrons. The molecule has 0 spiro atoms. The monoisotopic (exact) mass is 524 g/mol. The molecule has 0 saturated heterocycles. The Morgan fingerprint density at radius 1 is 1.21 bits per heavy atom. The van der Waals surface area contributed by atoms with Gasteiger partial charge in [-0.2, -0.15) is 0 Å². The summed E-state index contributed by atoms with van der Waals surface area (Å²) < 4.78 is 36.3. The molecule has 0 aliphatic carbocycles. The number of esters is 1. The van der Waals surface area contributed by atoms with E-state index in [2.05, 4.69) is 15.5 Å². The molecule has 3 aromatic rings. The van der Waals surface area contributed by atoms with Crippen LogP contribution in [0.15, 0.2) is 55.0 Å². The number of thioether (sulfide) groups is 1. The fourth-order valence-electron chi connectivity index (χ4n) is 2.38. The molecule has 0 unspecified atom stereocenters. The topological polar surface area (TPSA) is 149 Å². The van der Waals surface area contributed by atoms with Crippen LogP contribution in [0, 0.1) is 0 Å². The van der Waals surface area contributed by atoms with Crippen molar-refractivity contribution in [3.8, 4) is 5.75 Å². The lowest BCUT2D eigenvalue weighted by atomic mass is 10.2. The van der Waals surface area contributed by atoms with E-state index in [1.165, 1.54) is 67.5 Å². The molecule has 0 fully saturated rings. The van der Waals surface area contributed by atoms with Gasteiger partial charge >= 0.3 is 5.97 Å². The van der Waals surface area contributed by atoms with Gasteiger partial charge in [0.15, 0.2) is 4.34 Å². The van der Waals surface area contributed by atoms with E-state index in [1.54, 1.807) is 6.92 Å². The number of amides is 1. The molecule has 2 heterocycles. The van der Waals surface area contributed by atoms with Gasteiger partial charge in [-0.1, -0.05) is 30.0 Å². The quantitative estimate of drug-likeness (QED) is 0.251. The van der Waals surface area contributed by atoms with Gasteiger partial charge in [0.1, 0.15) is 12.0 Å². The van der Waals surface area contributed by atoms with E-state index in [0.29, 0.717) is 21.7 Å². The Labute approximate surface area is 203 Å². The van der Waals surface area contributed by atoms with Crippen molar-refractivity contribution in [1.29, 1.82) is 0 Å². The lowest BCUT2D eigenvalue weighted by molar-refractivity contribution is -0.115. The van der Waals surface area contributed by atoms with Gasteiger partial charge in [-0.25, -0.2) is 17.5 Å². The number of hydrogen-bond donors (Lipinski definition) is 1. The van der Waals surface area contributed by atoms with Crippen LogP contribution in [-0.4, -0.2) is 48.9 Å². The Kier molecular flexibility index (Phi) is 8.19. The number of hydrogen-bond acceptors (Lipinski definition) is 11. The summed E-state index contributed by atoms with van der Waals surface area (Å²) in [7, 11) is -0.833. The molecule has 0 saturated carbocycles. The molecule has 180 valence electrons. The SMILES string of the molecule is CCC(=O)Nc1nnc(SCc2cc(=O)c(OC(=O)c3ccc(S(=O)(=O)N(C)C)cc3)co2)s1. The molecular formula is C20H20N4O7S3. The molecule has 1 N–H and O–H groups in total. The van der Waals surface area contributed by atoms with E-state index in [-0.39, 0.29) is 27.9 Å². The van der Waals surface area contributed by atoms with Crippen molar-refractivity contribution < 1.29 is 27.2 Å². The van der Waals surface area contributed by atoms with Gasteiger partial charge in [-0.05, 0) is 24.3 Å². The fraction of sp³-hybridized carbons (Fsp3) is 0.250. The molecule has 0 aliphatic heterocycles. The van der Waals surface area contributed by atoms with Crippen LogP contribution in [0.5, 0.6) is 5.75 Å². The third kappa shape index (κ3) is 6.28. The highest BCUT2D eigenvalue weighted by Crippen LogP contribution is 2.28. The van der Waals surface area contributed by atoms with Crippen LogP contribution in [0.1, 0.15) is 29.5 Å². The minimum atomic E-state index is -3.63. The molecule has 2 aromatic heterocycles. The summed E-state index contributed by atoms with van der Waals surface area (Å²) in [4.78, 5) is 36.1. The van der Waals surface area contributed by atoms with E-state index < -0.39 is 21.4 Å². The second-order valence-corrected chi connectivity index (χ2v) is 11.2. The largest absolute Gasteiger partial charge is 0.464 e. The van der Waals surface area contributed by atoms with Crippen molar-refractivity contribution in [2.45, 2.75) is 28.3 Å². The molecular weight excluding hydrogens is 504 g/mol. The van der Waals surface area contributed by atoms with E-state index in [4.69, 9.17) is 9.15 Å². The standard InChI is InChI=1S/C20H20N4O7S3/c1-4-17(26)21-19-22-23-20(33-19)32-11-13-9-15(25)16(10-30-13)31-18(27)12-5-7-14(8-6-12)34(28,29)24(2)3/h5-10H,4,11H2,1-3H3,(H,21,22,26). The smallest absolute Gasteiger partial charge is 0.343 e. The first-order chi connectivity index (χ1) is 16.1. The van der Waals surface area contributed by atoms with Gasteiger partial charge in [-0.15, -0.1) is 10.2 Å². The van der Waals surface area contributed by atoms with Crippen molar-refractivity contribution in [2.75, 3.05) is 19.4 Å². The number of carbonyl (C=O) groups excluding carboxylic acids is 2. The Bertz CT molecular complexity index is 1350. The predicted octanol–water partition coefficient (Wildman–Crippen LogP) is 2.60. The maximum atomic E-state index is 12.3. The van der Waals surface area contributed by atoms with E-state index in [1.807, 2.05) is 0 Å². The first-order valence-electron chi connectivity index (χ1n) is 9.72. The average molecular weight is 525 g/mol. The van der Waals surface area contributed by atoms with Crippen LogP contribution in [0.4, 0.5) is 5.13 Å². The molecule has 0 bridgehead atoms. The molecule has 0 atom stereocenters. The summed E-state index contributed by atoms with van der Waals surface area (Å²) in [5.41, 5.74) is -0.492. The van der Waals surface area contributed by atoms with Crippen LogP contribution < -0.4 is 15.5 Å². The Hall–Kier alpha value is -3.07. The lowest BCUT2D eigenvalue weighted by Crippen LogP contribution is -2.22. The molecule has 1 amide bonds. The summed E-state index contributed by atoms with van der Waals surface area (Å²) in [5.74, 6) is -0.717. The van der Waals surface area contributed by atoms with E-state index in [9.17, 15) is 22.8 Å². The second-order valence-electron chi connectivity index (χ2n) is 6.84. The Morgan fingerprint density at radius 3 is 2.53 bits per heavy atom. The van der Waals surface area contributed by atoms with Gasteiger partial charge in [0, 0.05) is 26.6 Å². The van der Waals surface area contributed by atoms with Crippen molar-refractivity contribution in [3.05, 3.63) is 58.1 Å². The zero-order valence-electron chi connectivity index (χ0n) is 18.3. The average Bonchev–Trinajstić information content (AvgIpc) is 3.26. The molecule has 0 aliphatic rings. The minimum absolute atomic E-state index is 0.0192. The highest BCUT2D eigenvalue weighted by molar-refractivity contribution is 8.00. The summed E-state index contributed by atoms with van der Waals surface area (Å²) in [5, 5.41) is 10.8. The number of ether oxygens (including phenoxy) is 1. The maximum absolute atomic E-state index is 12.3. The highest BCUT2D eigenvalue weighted by Gasteiger charge is 2.19. The van der Waals surface area contributed by atoms with E-state index in [0.717, 1.165) is 10.6 Å².